The van der Waals surface area contributed by atoms with Crippen LogP contribution in [-0.4, -0.2) is 35.9 Å². The smallest absolute Gasteiger partial charge is 0.257 e. The van der Waals surface area contributed by atoms with Crippen LogP contribution >= 0.6 is 0 Å². The Balaban J connectivity index is 1.78. The largest absolute Gasteiger partial charge is 0.490 e. The zero-order chi connectivity index (χ0) is 11.4. The Morgan fingerprint density at radius 1 is 1.62 bits per heavy atom. The van der Waals surface area contributed by atoms with E-state index >= 15 is 0 Å². The highest BCUT2D eigenvalue weighted by molar-refractivity contribution is 5.11. The molecule has 0 spiro atoms. The third-order valence-corrected chi connectivity index (χ3v) is 2.58. The number of hydrogen-bond donors (Lipinski definition) is 1. The van der Waals surface area contributed by atoms with E-state index in [0.717, 1.165) is 19.5 Å². The molecule has 2 heterocycles. The third-order valence-electron chi connectivity index (χ3n) is 2.58. The number of alkyl halides is 2. The fraction of sp³-hybridized carbons (Fsp3) is 0.700. The molecule has 2 rings (SSSR count). The molecule has 0 aromatic carbocycles. The van der Waals surface area contributed by atoms with E-state index < -0.39 is 6.43 Å². The highest BCUT2D eigenvalue weighted by Crippen LogP contribution is 2.13. The number of halogens is 2. The van der Waals surface area contributed by atoms with E-state index in [2.05, 4.69) is 10.4 Å². The van der Waals surface area contributed by atoms with Crippen molar-refractivity contribution in [2.45, 2.75) is 19.4 Å². The van der Waals surface area contributed by atoms with Crippen molar-refractivity contribution in [3.05, 3.63) is 12.4 Å². The van der Waals surface area contributed by atoms with Crippen LogP contribution in [0.5, 0.6) is 5.75 Å². The maximum absolute atomic E-state index is 12.1. The lowest BCUT2D eigenvalue weighted by molar-refractivity contribution is 0.121. The molecule has 1 saturated heterocycles. The summed E-state index contributed by atoms with van der Waals surface area (Å²) >= 11 is 0. The van der Waals surface area contributed by atoms with Crippen molar-refractivity contribution in [1.82, 2.24) is 15.1 Å². The Kier molecular flexibility index (Phi) is 3.71. The van der Waals surface area contributed by atoms with Crippen molar-refractivity contribution in [2.24, 2.45) is 5.92 Å². The van der Waals surface area contributed by atoms with Crippen LogP contribution in [0.4, 0.5) is 8.78 Å². The van der Waals surface area contributed by atoms with E-state index in [9.17, 15) is 8.78 Å². The van der Waals surface area contributed by atoms with Gasteiger partial charge in [0.15, 0.2) is 5.75 Å². The topological polar surface area (TPSA) is 39.1 Å². The van der Waals surface area contributed by atoms with Gasteiger partial charge >= 0.3 is 0 Å². The van der Waals surface area contributed by atoms with E-state index in [1.165, 1.54) is 17.1 Å². The van der Waals surface area contributed by atoms with Gasteiger partial charge in [-0.15, -0.1) is 0 Å². The molecule has 1 unspecified atom stereocenters. The molecule has 16 heavy (non-hydrogen) atoms. The molecule has 0 saturated carbocycles. The van der Waals surface area contributed by atoms with Gasteiger partial charge in [-0.1, -0.05) is 0 Å². The second-order valence-corrected chi connectivity index (χ2v) is 3.96. The normalized spacial score (nSPS) is 20.6. The molecular weight excluding hydrogens is 216 g/mol. The first kappa shape index (κ1) is 11.3. The lowest BCUT2D eigenvalue weighted by Crippen LogP contribution is -2.15. The lowest BCUT2D eigenvalue weighted by Gasteiger charge is -2.08. The number of rotatable bonds is 5. The summed E-state index contributed by atoms with van der Waals surface area (Å²) in [6, 6.07) is 0. The fourth-order valence-corrected chi connectivity index (χ4v) is 1.73. The lowest BCUT2D eigenvalue weighted by atomic mass is 10.1. The number of nitrogens with one attached hydrogen (secondary N) is 1. The summed E-state index contributed by atoms with van der Waals surface area (Å²) in [4.78, 5) is 0. The molecule has 90 valence electrons. The minimum atomic E-state index is -2.38. The van der Waals surface area contributed by atoms with Gasteiger partial charge in [0, 0.05) is 12.5 Å². The predicted octanol–water partition coefficient (Wildman–Crippen LogP) is 1.14. The Labute approximate surface area is 92.6 Å². The van der Waals surface area contributed by atoms with Crippen molar-refractivity contribution in [2.75, 3.05) is 19.7 Å². The van der Waals surface area contributed by atoms with Crippen LogP contribution in [-0.2, 0) is 6.54 Å². The minimum absolute atomic E-state index is 0.381. The molecule has 1 aromatic heterocycles. The van der Waals surface area contributed by atoms with Crippen LogP contribution in [0, 0.1) is 5.92 Å². The van der Waals surface area contributed by atoms with Gasteiger partial charge in [-0.3, -0.25) is 4.68 Å². The summed E-state index contributed by atoms with van der Waals surface area (Å²) in [7, 11) is 0. The minimum Gasteiger partial charge on any atom is -0.490 e. The van der Waals surface area contributed by atoms with E-state index in [1.807, 2.05) is 0 Å². The Bertz CT molecular complexity index is 324. The molecule has 0 bridgehead atoms. The standard InChI is InChI=1S/C10H15F2N3O/c11-10(12)6-15-5-9(4-14-15)16-7-8-1-2-13-3-8/h4-5,8,10,13H,1-3,6-7H2. The Morgan fingerprint density at radius 3 is 3.19 bits per heavy atom. The van der Waals surface area contributed by atoms with E-state index in [4.69, 9.17) is 4.74 Å². The molecule has 0 amide bonds. The molecule has 1 aliphatic heterocycles. The molecule has 6 heteroatoms. The quantitative estimate of drug-likeness (QED) is 0.825. The summed E-state index contributed by atoms with van der Waals surface area (Å²) in [6.45, 7) is 2.23. The summed E-state index contributed by atoms with van der Waals surface area (Å²) in [5.74, 6) is 1.07. The van der Waals surface area contributed by atoms with Crippen LogP contribution < -0.4 is 10.1 Å². The van der Waals surface area contributed by atoms with Gasteiger partial charge in [-0.25, -0.2) is 8.78 Å². The number of aromatic nitrogens is 2. The maximum atomic E-state index is 12.1. The molecule has 1 atom stereocenters. The van der Waals surface area contributed by atoms with Crippen molar-refractivity contribution in [1.29, 1.82) is 0 Å². The van der Waals surface area contributed by atoms with Gasteiger partial charge < -0.3 is 10.1 Å². The van der Waals surface area contributed by atoms with Gasteiger partial charge in [0.1, 0.15) is 6.54 Å². The number of hydrogen-bond acceptors (Lipinski definition) is 3. The summed E-state index contributed by atoms with van der Waals surface area (Å²) < 4.78 is 30.8. The maximum Gasteiger partial charge on any atom is 0.257 e. The second-order valence-electron chi connectivity index (χ2n) is 3.96. The Hall–Kier alpha value is -1.17. The van der Waals surface area contributed by atoms with E-state index in [1.54, 1.807) is 0 Å². The van der Waals surface area contributed by atoms with E-state index in [0.29, 0.717) is 18.3 Å². The van der Waals surface area contributed by atoms with Crippen molar-refractivity contribution in [3.63, 3.8) is 0 Å². The Morgan fingerprint density at radius 2 is 2.50 bits per heavy atom. The highest BCUT2D eigenvalue weighted by Gasteiger charge is 2.15. The van der Waals surface area contributed by atoms with Crippen molar-refractivity contribution in [3.8, 4) is 5.75 Å². The fourth-order valence-electron chi connectivity index (χ4n) is 1.73. The highest BCUT2D eigenvalue weighted by atomic mass is 19.3. The van der Waals surface area contributed by atoms with Crippen molar-refractivity contribution >= 4 is 0 Å². The summed E-state index contributed by atoms with van der Waals surface area (Å²) in [5, 5.41) is 7.04. The average Bonchev–Trinajstić information content (AvgIpc) is 2.84. The molecule has 1 N–H and O–H groups in total. The average molecular weight is 231 g/mol. The van der Waals surface area contributed by atoms with Crippen molar-refractivity contribution < 1.29 is 13.5 Å². The van der Waals surface area contributed by atoms with Gasteiger partial charge in [0.25, 0.3) is 6.43 Å². The van der Waals surface area contributed by atoms with Crippen LogP contribution in [0.2, 0.25) is 0 Å². The molecule has 0 aliphatic carbocycles. The number of nitrogens with zero attached hydrogens (tertiary/aromatic N) is 2. The van der Waals surface area contributed by atoms with Crippen LogP contribution in [0.1, 0.15) is 6.42 Å². The molecule has 4 nitrogen and oxygen atoms in total. The predicted molar refractivity (Wildman–Crippen MR) is 54.7 cm³/mol. The van der Waals surface area contributed by atoms with Crippen LogP contribution in [0.3, 0.4) is 0 Å². The third kappa shape index (κ3) is 3.16. The SMILES string of the molecule is FC(F)Cn1cc(OCC2CCNC2)cn1. The van der Waals surface area contributed by atoms with Gasteiger partial charge in [-0.05, 0) is 13.0 Å². The van der Waals surface area contributed by atoms with Gasteiger partial charge in [0.2, 0.25) is 0 Å². The van der Waals surface area contributed by atoms with Gasteiger partial charge in [0.05, 0.1) is 19.0 Å². The number of ether oxygens (including phenoxy) is 1. The zero-order valence-electron chi connectivity index (χ0n) is 8.90. The van der Waals surface area contributed by atoms with E-state index in [-0.39, 0.29) is 6.54 Å². The summed E-state index contributed by atoms with van der Waals surface area (Å²) in [5.41, 5.74) is 0. The molecule has 0 radical (unpaired) electrons. The van der Waals surface area contributed by atoms with Crippen LogP contribution in [0.25, 0.3) is 0 Å². The molecule has 1 aliphatic rings. The summed E-state index contributed by atoms with van der Waals surface area (Å²) in [6.07, 6.45) is 1.71. The first-order valence-corrected chi connectivity index (χ1v) is 5.38. The van der Waals surface area contributed by atoms with Crippen LogP contribution in [0.15, 0.2) is 12.4 Å². The second kappa shape index (κ2) is 5.25. The zero-order valence-corrected chi connectivity index (χ0v) is 8.90. The molecule has 1 fully saturated rings. The van der Waals surface area contributed by atoms with Gasteiger partial charge in [-0.2, -0.15) is 5.10 Å². The molecular formula is C10H15F2N3O. The first-order chi connectivity index (χ1) is 7.74. The first-order valence-electron chi connectivity index (χ1n) is 5.38. The monoisotopic (exact) mass is 231 g/mol. The molecule has 1 aromatic rings.